The lowest BCUT2D eigenvalue weighted by Crippen LogP contribution is -2.23. The van der Waals surface area contributed by atoms with Gasteiger partial charge in [-0.3, -0.25) is 5.10 Å². The highest BCUT2D eigenvalue weighted by Gasteiger charge is 2.29. The van der Waals surface area contributed by atoms with Gasteiger partial charge in [0.15, 0.2) is 0 Å². The van der Waals surface area contributed by atoms with Crippen LogP contribution in [0.1, 0.15) is 50.8 Å². The molecule has 0 spiro atoms. The molecule has 5 rings (SSSR count). The molecule has 196 valence electrons. The smallest absolute Gasteiger partial charge is 0.123 e. The van der Waals surface area contributed by atoms with E-state index in [4.69, 9.17) is 4.74 Å². The number of nitrogens with one attached hydrogen (secondary N) is 2. The van der Waals surface area contributed by atoms with Crippen LogP contribution in [0.4, 0.5) is 5.69 Å². The molecule has 0 atom stereocenters. The normalized spacial score (nSPS) is 17.5. The number of aldehydes is 1. The number of rotatable bonds is 7. The number of nitrogens with zero attached hydrogens (tertiary/aromatic N) is 3. The van der Waals surface area contributed by atoms with Gasteiger partial charge in [-0.05, 0) is 82.8 Å². The van der Waals surface area contributed by atoms with Crippen molar-refractivity contribution in [1.29, 1.82) is 0 Å². The van der Waals surface area contributed by atoms with Crippen LogP contribution in [0.2, 0.25) is 0 Å². The van der Waals surface area contributed by atoms with Crippen molar-refractivity contribution in [2.45, 2.75) is 52.4 Å². The third-order valence-corrected chi connectivity index (χ3v) is 7.52. The molecule has 0 amide bonds. The minimum Gasteiger partial charge on any atom is -0.381 e. The van der Waals surface area contributed by atoms with Crippen LogP contribution in [-0.2, 0) is 22.4 Å². The molecule has 0 bridgehead atoms. The molecule has 2 N–H and O–H groups in total. The van der Waals surface area contributed by atoms with Crippen molar-refractivity contribution in [3.05, 3.63) is 35.5 Å². The van der Waals surface area contributed by atoms with E-state index in [9.17, 15) is 4.79 Å². The van der Waals surface area contributed by atoms with Crippen LogP contribution in [0.25, 0.3) is 22.3 Å². The van der Waals surface area contributed by atoms with Gasteiger partial charge in [-0.15, -0.1) is 0 Å². The molecule has 36 heavy (non-hydrogen) atoms. The van der Waals surface area contributed by atoms with Crippen molar-refractivity contribution in [2.75, 3.05) is 52.3 Å². The first-order valence-electron chi connectivity index (χ1n) is 13.3. The van der Waals surface area contributed by atoms with Crippen LogP contribution < -0.4 is 4.90 Å². The molecule has 1 fully saturated rings. The maximum absolute atomic E-state index is 10.1. The van der Waals surface area contributed by atoms with Crippen molar-refractivity contribution in [1.82, 2.24) is 20.1 Å². The van der Waals surface area contributed by atoms with Crippen LogP contribution in [0, 0.1) is 11.3 Å². The van der Waals surface area contributed by atoms with Crippen LogP contribution in [-0.4, -0.2) is 73.8 Å². The topological polar surface area (TPSA) is 77.2 Å². The fraction of sp³-hybridized carbons (Fsp3) is 0.586. The summed E-state index contributed by atoms with van der Waals surface area (Å²) in [7, 11) is 6.43. The molecule has 1 saturated heterocycles. The molecular weight excluding hydrogens is 450 g/mol. The molecule has 7 heteroatoms. The molecule has 3 heterocycles. The average Bonchev–Trinajstić information content (AvgIpc) is 3.46. The van der Waals surface area contributed by atoms with E-state index in [-0.39, 0.29) is 5.92 Å². The molecule has 2 aliphatic rings. The SMILES string of the molecule is CN(C)CCCN(C)c1ccc2cc(-c3n[nH]c4c3CCC(C)(C)C4)[nH]c2c1.O=CC1CCOCC1. The average molecular weight is 494 g/mol. The molecule has 0 radical (unpaired) electrons. The second-order valence-electron chi connectivity index (χ2n) is 11.5. The number of carbonyl (C=O) groups excluding carboxylic acids is 1. The van der Waals surface area contributed by atoms with E-state index in [1.807, 2.05) is 0 Å². The standard InChI is InChI=1S/C23H33N5.C6H10O2/c1-23(2)10-9-18-21(15-23)25-26-22(18)20-13-16-7-8-17(14-19(16)24-20)28(5)12-6-11-27(3)4;7-5-6-1-3-8-4-2-6/h7-8,13-14,24H,6,9-12,15H2,1-5H3,(H,25,26);5-6H,1-4H2. The first-order chi connectivity index (χ1) is 17.3. The van der Waals surface area contributed by atoms with Gasteiger partial charge in [0.1, 0.15) is 12.0 Å². The molecule has 1 aliphatic carbocycles. The summed E-state index contributed by atoms with van der Waals surface area (Å²) in [5, 5.41) is 9.22. The molecule has 0 unspecified atom stereocenters. The summed E-state index contributed by atoms with van der Waals surface area (Å²) in [5.74, 6) is 0.281. The number of benzene rings is 1. The Morgan fingerprint density at radius 2 is 1.92 bits per heavy atom. The second kappa shape index (κ2) is 11.6. The monoisotopic (exact) mass is 493 g/mol. The van der Waals surface area contributed by atoms with E-state index in [0.29, 0.717) is 5.41 Å². The van der Waals surface area contributed by atoms with Crippen LogP contribution in [0.5, 0.6) is 0 Å². The number of H-pyrrole nitrogens is 2. The summed E-state index contributed by atoms with van der Waals surface area (Å²) in [5.41, 5.74) is 7.73. The van der Waals surface area contributed by atoms with E-state index in [2.05, 4.69) is 84.2 Å². The summed E-state index contributed by atoms with van der Waals surface area (Å²) in [4.78, 5) is 18.3. The van der Waals surface area contributed by atoms with Crippen LogP contribution in [0.15, 0.2) is 24.3 Å². The number of anilines is 1. The highest BCUT2D eigenvalue weighted by atomic mass is 16.5. The van der Waals surface area contributed by atoms with Gasteiger partial charge in [0.05, 0.1) is 5.69 Å². The van der Waals surface area contributed by atoms with Crippen molar-refractivity contribution in [2.24, 2.45) is 11.3 Å². The minimum atomic E-state index is 0.281. The first-order valence-corrected chi connectivity index (χ1v) is 13.3. The van der Waals surface area contributed by atoms with Gasteiger partial charge in [-0.25, -0.2) is 0 Å². The molecule has 0 saturated carbocycles. The van der Waals surface area contributed by atoms with Gasteiger partial charge in [0, 0.05) is 60.6 Å². The third-order valence-electron chi connectivity index (χ3n) is 7.52. The maximum Gasteiger partial charge on any atom is 0.123 e. The van der Waals surface area contributed by atoms with Gasteiger partial charge in [0.2, 0.25) is 0 Å². The lowest BCUT2D eigenvalue weighted by atomic mass is 9.76. The number of fused-ring (bicyclic) bond motifs is 2. The van der Waals surface area contributed by atoms with Gasteiger partial charge < -0.3 is 24.3 Å². The van der Waals surface area contributed by atoms with Gasteiger partial charge >= 0.3 is 0 Å². The summed E-state index contributed by atoms with van der Waals surface area (Å²) in [6, 6.07) is 8.94. The zero-order valence-electron chi connectivity index (χ0n) is 22.7. The van der Waals surface area contributed by atoms with E-state index in [1.54, 1.807) is 0 Å². The maximum atomic E-state index is 10.1. The Bertz CT molecular complexity index is 1140. The number of hydrogen-bond acceptors (Lipinski definition) is 5. The van der Waals surface area contributed by atoms with Crippen molar-refractivity contribution in [3.63, 3.8) is 0 Å². The predicted molar refractivity (Wildman–Crippen MR) is 148 cm³/mol. The summed E-state index contributed by atoms with van der Waals surface area (Å²) < 4.78 is 5.04. The van der Waals surface area contributed by atoms with E-state index in [1.165, 1.54) is 34.3 Å². The van der Waals surface area contributed by atoms with Crippen molar-refractivity contribution in [3.8, 4) is 11.4 Å². The lowest BCUT2D eigenvalue weighted by Gasteiger charge is -2.28. The molecule has 7 nitrogen and oxygen atoms in total. The fourth-order valence-electron chi connectivity index (χ4n) is 5.16. The third kappa shape index (κ3) is 6.56. The van der Waals surface area contributed by atoms with Gasteiger partial charge in [0.25, 0.3) is 0 Å². The Labute approximate surface area is 215 Å². The largest absolute Gasteiger partial charge is 0.381 e. The molecule has 1 aliphatic heterocycles. The minimum absolute atomic E-state index is 0.281. The van der Waals surface area contributed by atoms with E-state index < -0.39 is 0 Å². The number of aromatic amines is 2. The Hall–Kier alpha value is -2.64. The van der Waals surface area contributed by atoms with Gasteiger partial charge in [-0.2, -0.15) is 5.10 Å². The Balaban J connectivity index is 0.000000325. The summed E-state index contributed by atoms with van der Waals surface area (Å²) in [6.45, 7) is 8.39. The van der Waals surface area contributed by atoms with Crippen molar-refractivity contribution >= 4 is 22.9 Å². The highest BCUT2D eigenvalue weighted by molar-refractivity contribution is 5.88. The fourth-order valence-corrected chi connectivity index (χ4v) is 5.16. The summed E-state index contributed by atoms with van der Waals surface area (Å²) in [6.07, 6.45) is 7.43. The second-order valence-corrected chi connectivity index (χ2v) is 11.5. The molecular formula is C29H43N5O2. The zero-order chi connectivity index (χ0) is 25.7. The Morgan fingerprint density at radius 1 is 1.14 bits per heavy atom. The molecule has 1 aromatic carbocycles. The number of hydrogen-bond donors (Lipinski definition) is 2. The highest BCUT2D eigenvalue weighted by Crippen LogP contribution is 2.38. The Morgan fingerprint density at radius 3 is 2.61 bits per heavy atom. The Kier molecular flexibility index (Phi) is 8.52. The van der Waals surface area contributed by atoms with E-state index in [0.717, 1.165) is 76.1 Å². The lowest BCUT2D eigenvalue weighted by molar-refractivity contribution is -0.113. The predicted octanol–water partition coefficient (Wildman–Crippen LogP) is 5.07. The summed E-state index contributed by atoms with van der Waals surface area (Å²) >= 11 is 0. The number of aromatic nitrogens is 3. The first kappa shape index (κ1) is 26.4. The van der Waals surface area contributed by atoms with Crippen molar-refractivity contribution < 1.29 is 9.53 Å². The van der Waals surface area contributed by atoms with Gasteiger partial charge in [-0.1, -0.05) is 19.9 Å². The van der Waals surface area contributed by atoms with Crippen LogP contribution >= 0.6 is 0 Å². The van der Waals surface area contributed by atoms with E-state index >= 15 is 0 Å². The number of ether oxygens (including phenoxy) is 1. The van der Waals surface area contributed by atoms with Crippen LogP contribution in [0.3, 0.4) is 0 Å². The quantitative estimate of drug-likeness (QED) is 0.449. The number of carbonyl (C=O) groups is 1. The molecule has 2 aromatic heterocycles. The zero-order valence-corrected chi connectivity index (χ0v) is 22.7. The molecule has 3 aromatic rings.